The molecule has 4 nitrogen and oxygen atoms in total. The Labute approximate surface area is 106 Å². The molecule has 0 rings (SSSR count). The van der Waals surface area contributed by atoms with Crippen molar-refractivity contribution in [1.29, 1.82) is 0 Å². The number of nitrogens with one attached hydrogen (secondary N) is 1. The Morgan fingerprint density at radius 3 is 2.24 bits per heavy atom. The van der Waals surface area contributed by atoms with Crippen molar-refractivity contribution in [2.75, 3.05) is 13.1 Å². The molecule has 1 amide bonds. The van der Waals surface area contributed by atoms with Gasteiger partial charge in [0.15, 0.2) is 0 Å². The van der Waals surface area contributed by atoms with E-state index < -0.39 is 0 Å². The van der Waals surface area contributed by atoms with Gasteiger partial charge in [-0.25, -0.2) is 5.84 Å². The molecule has 0 aromatic heterocycles. The Morgan fingerprint density at radius 1 is 1.18 bits per heavy atom. The number of hydrazine groups is 1. The van der Waals surface area contributed by atoms with Crippen LogP contribution in [0, 0.1) is 0 Å². The summed E-state index contributed by atoms with van der Waals surface area (Å²) >= 11 is 0. The lowest BCUT2D eigenvalue weighted by Crippen LogP contribution is -2.33. The first kappa shape index (κ1) is 16.4. The van der Waals surface area contributed by atoms with Crippen LogP contribution < -0.4 is 11.3 Å². The Kier molecular flexibility index (Phi) is 10.2. The first-order chi connectivity index (χ1) is 8.11. The van der Waals surface area contributed by atoms with Crippen molar-refractivity contribution in [3.8, 4) is 0 Å². The van der Waals surface area contributed by atoms with Gasteiger partial charge in [0.1, 0.15) is 0 Å². The Balaban J connectivity index is 3.66. The lowest BCUT2D eigenvalue weighted by molar-refractivity contribution is -0.121. The minimum Gasteiger partial charge on any atom is -0.301 e. The largest absolute Gasteiger partial charge is 0.301 e. The summed E-state index contributed by atoms with van der Waals surface area (Å²) in [5.74, 6) is 4.97. The average molecular weight is 243 g/mol. The van der Waals surface area contributed by atoms with E-state index in [-0.39, 0.29) is 5.91 Å². The highest BCUT2D eigenvalue weighted by Gasteiger charge is 2.08. The zero-order valence-corrected chi connectivity index (χ0v) is 11.7. The smallest absolute Gasteiger partial charge is 0.233 e. The molecule has 102 valence electrons. The summed E-state index contributed by atoms with van der Waals surface area (Å²) in [4.78, 5) is 13.4. The number of nitrogens with two attached hydrogens (primary N) is 1. The highest BCUT2D eigenvalue weighted by molar-refractivity contribution is 5.75. The van der Waals surface area contributed by atoms with E-state index in [4.69, 9.17) is 5.84 Å². The van der Waals surface area contributed by atoms with Crippen LogP contribution in [0.25, 0.3) is 0 Å². The summed E-state index contributed by atoms with van der Waals surface area (Å²) in [6, 6.07) is 0.593. The minimum atomic E-state index is -0.0629. The normalized spacial score (nSPS) is 11.2. The molecule has 3 N–H and O–H groups in total. The highest BCUT2D eigenvalue weighted by atomic mass is 16.2. The molecule has 0 unspecified atom stereocenters. The number of nitrogens with zero attached hydrogens (tertiary/aromatic N) is 1. The third kappa shape index (κ3) is 9.12. The van der Waals surface area contributed by atoms with Crippen molar-refractivity contribution in [3.05, 3.63) is 0 Å². The van der Waals surface area contributed by atoms with Crippen molar-refractivity contribution in [3.63, 3.8) is 0 Å². The van der Waals surface area contributed by atoms with E-state index in [1.807, 2.05) is 0 Å². The molecule has 0 radical (unpaired) electrons. The Hall–Kier alpha value is -0.610. The van der Waals surface area contributed by atoms with E-state index in [0.29, 0.717) is 12.5 Å². The molecule has 0 aliphatic heterocycles. The second-order valence-corrected chi connectivity index (χ2v) is 4.86. The summed E-state index contributed by atoms with van der Waals surface area (Å²) in [5, 5.41) is 0. The van der Waals surface area contributed by atoms with Gasteiger partial charge in [0.2, 0.25) is 5.91 Å². The molecule has 0 atom stereocenters. The summed E-state index contributed by atoms with van der Waals surface area (Å²) < 4.78 is 0. The third-order valence-electron chi connectivity index (χ3n) is 3.04. The number of amides is 1. The molecule has 0 spiro atoms. The van der Waals surface area contributed by atoms with Crippen LogP contribution >= 0.6 is 0 Å². The first-order valence-electron chi connectivity index (χ1n) is 6.85. The molecule has 0 aromatic rings. The number of unbranched alkanes of at least 4 members (excludes halogenated alkanes) is 3. The fourth-order valence-electron chi connectivity index (χ4n) is 1.87. The lowest BCUT2D eigenvalue weighted by Gasteiger charge is -2.26. The predicted molar refractivity (Wildman–Crippen MR) is 72.4 cm³/mol. The Morgan fingerprint density at radius 2 is 1.76 bits per heavy atom. The van der Waals surface area contributed by atoms with E-state index in [1.54, 1.807) is 0 Å². The van der Waals surface area contributed by atoms with Crippen molar-refractivity contribution >= 4 is 5.91 Å². The van der Waals surface area contributed by atoms with Gasteiger partial charge in [0.05, 0.1) is 0 Å². The fraction of sp³-hybridized carbons (Fsp3) is 0.923. The van der Waals surface area contributed by atoms with Gasteiger partial charge in [-0.2, -0.15) is 0 Å². The van der Waals surface area contributed by atoms with Gasteiger partial charge >= 0.3 is 0 Å². The van der Waals surface area contributed by atoms with Crippen LogP contribution in [-0.2, 0) is 4.79 Å². The van der Waals surface area contributed by atoms with Crippen molar-refractivity contribution in [1.82, 2.24) is 10.3 Å². The highest BCUT2D eigenvalue weighted by Crippen LogP contribution is 2.06. The number of hydrogen-bond acceptors (Lipinski definition) is 3. The fourth-order valence-corrected chi connectivity index (χ4v) is 1.87. The molecule has 0 fully saturated rings. The quantitative estimate of drug-likeness (QED) is 0.267. The van der Waals surface area contributed by atoms with E-state index in [0.717, 1.165) is 19.4 Å². The van der Waals surface area contributed by atoms with Gasteiger partial charge in [-0.3, -0.25) is 10.2 Å². The molecule has 17 heavy (non-hydrogen) atoms. The molecular formula is C13H29N3O. The van der Waals surface area contributed by atoms with Gasteiger partial charge < -0.3 is 4.90 Å². The van der Waals surface area contributed by atoms with Crippen LogP contribution in [-0.4, -0.2) is 29.9 Å². The second-order valence-electron chi connectivity index (χ2n) is 4.86. The van der Waals surface area contributed by atoms with Gasteiger partial charge in [0, 0.05) is 12.5 Å². The Bertz CT molecular complexity index is 195. The van der Waals surface area contributed by atoms with Crippen LogP contribution in [0.4, 0.5) is 0 Å². The lowest BCUT2D eigenvalue weighted by atomic mass is 10.2. The molecular weight excluding hydrogens is 214 g/mol. The van der Waals surface area contributed by atoms with Crippen LogP contribution in [0.2, 0.25) is 0 Å². The van der Waals surface area contributed by atoms with E-state index in [9.17, 15) is 4.79 Å². The minimum absolute atomic E-state index is 0.0629. The van der Waals surface area contributed by atoms with Crippen LogP contribution in [0.15, 0.2) is 0 Å². The maximum atomic E-state index is 11.0. The molecule has 0 saturated carbocycles. The summed E-state index contributed by atoms with van der Waals surface area (Å²) in [7, 11) is 0. The van der Waals surface area contributed by atoms with E-state index >= 15 is 0 Å². The molecule has 4 heteroatoms. The standard InChI is InChI=1S/C13H29N3O/c1-4-5-7-10-16(12(2)3)11-8-6-9-13(17)15-14/h12H,4-11,14H2,1-3H3,(H,15,17). The number of rotatable bonds is 10. The third-order valence-corrected chi connectivity index (χ3v) is 3.04. The number of carbonyl (C=O) groups is 1. The molecule has 0 aliphatic rings. The SMILES string of the molecule is CCCCCN(CCCCC(=O)NN)C(C)C. The van der Waals surface area contributed by atoms with Gasteiger partial charge in [-0.15, -0.1) is 0 Å². The summed E-state index contributed by atoms with van der Waals surface area (Å²) in [5.41, 5.74) is 2.17. The van der Waals surface area contributed by atoms with Crippen molar-refractivity contribution in [2.24, 2.45) is 5.84 Å². The number of hydrogen-bond donors (Lipinski definition) is 2. The second kappa shape index (κ2) is 10.5. The van der Waals surface area contributed by atoms with Crippen LogP contribution in [0.3, 0.4) is 0 Å². The summed E-state index contributed by atoms with van der Waals surface area (Å²) in [6.07, 6.45) is 6.37. The molecule has 0 aliphatic carbocycles. The monoisotopic (exact) mass is 243 g/mol. The summed E-state index contributed by atoms with van der Waals surface area (Å²) in [6.45, 7) is 8.95. The maximum Gasteiger partial charge on any atom is 0.233 e. The van der Waals surface area contributed by atoms with Gasteiger partial charge in [-0.05, 0) is 46.2 Å². The molecule has 0 saturated heterocycles. The maximum absolute atomic E-state index is 11.0. The predicted octanol–water partition coefficient (Wildman–Crippen LogP) is 2.05. The van der Waals surface area contributed by atoms with Gasteiger partial charge in [-0.1, -0.05) is 19.8 Å². The average Bonchev–Trinajstić information content (AvgIpc) is 2.31. The molecule has 0 heterocycles. The van der Waals surface area contributed by atoms with Crippen molar-refractivity contribution in [2.45, 2.75) is 65.3 Å². The first-order valence-corrected chi connectivity index (χ1v) is 6.85. The van der Waals surface area contributed by atoms with E-state index in [2.05, 4.69) is 31.1 Å². The zero-order chi connectivity index (χ0) is 13.1. The van der Waals surface area contributed by atoms with Crippen molar-refractivity contribution < 1.29 is 4.79 Å². The molecule has 0 aromatic carbocycles. The van der Waals surface area contributed by atoms with E-state index in [1.165, 1.54) is 25.8 Å². The number of carbonyl (C=O) groups excluding carboxylic acids is 1. The topological polar surface area (TPSA) is 58.4 Å². The zero-order valence-electron chi connectivity index (χ0n) is 11.7. The van der Waals surface area contributed by atoms with Gasteiger partial charge in [0.25, 0.3) is 0 Å². The van der Waals surface area contributed by atoms with Crippen LogP contribution in [0.5, 0.6) is 0 Å². The van der Waals surface area contributed by atoms with Crippen LogP contribution in [0.1, 0.15) is 59.3 Å². The molecule has 0 bridgehead atoms.